The number of carboxylic acid groups (broad SMARTS) is 1. The molecule has 0 radical (unpaired) electrons. The van der Waals surface area contributed by atoms with Crippen molar-refractivity contribution in [3.05, 3.63) is 106 Å². The molecule has 1 aromatic heterocycles. The Hall–Kier alpha value is -5.19. The lowest BCUT2D eigenvalue weighted by Crippen LogP contribution is -2.56. The number of nitrogens with one attached hydrogen (secondary N) is 2. The highest BCUT2D eigenvalue weighted by Crippen LogP contribution is 2.38. The zero-order valence-electron chi connectivity index (χ0n) is 20.3. The Balaban J connectivity index is 1.58. The van der Waals surface area contributed by atoms with E-state index in [-0.39, 0.29) is 23.8 Å². The van der Waals surface area contributed by atoms with Gasteiger partial charge in [-0.3, -0.25) is 20.4 Å². The van der Waals surface area contributed by atoms with E-state index in [1.165, 1.54) is 35.4 Å². The number of aromatic amines is 1. The van der Waals surface area contributed by atoms with Crippen molar-refractivity contribution in [2.75, 3.05) is 0 Å². The first-order chi connectivity index (χ1) is 18.3. The number of guanidine groups is 1. The number of aromatic hydroxyl groups is 1. The highest BCUT2D eigenvalue weighted by atomic mass is 16.6. The van der Waals surface area contributed by atoms with Gasteiger partial charge in [0.2, 0.25) is 5.96 Å². The molecule has 4 N–H and O–H groups in total. The molecule has 5 rings (SSSR count). The number of carboxylic acids is 1. The molecule has 0 bridgehead atoms. The van der Waals surface area contributed by atoms with Crippen LogP contribution in [0.3, 0.4) is 0 Å². The first-order valence-corrected chi connectivity index (χ1v) is 11.8. The van der Waals surface area contributed by atoms with Crippen LogP contribution in [-0.2, 0) is 16.9 Å². The van der Waals surface area contributed by atoms with Crippen molar-refractivity contribution >= 4 is 34.7 Å². The number of hydrogen-bond acceptors (Lipinski definition) is 8. The molecule has 38 heavy (non-hydrogen) atoms. The molecule has 3 aromatic carbocycles. The van der Waals surface area contributed by atoms with E-state index in [2.05, 4.69) is 20.5 Å². The molecular formula is C27H24N6O5. The Labute approximate surface area is 216 Å². The van der Waals surface area contributed by atoms with E-state index in [1.807, 2.05) is 24.3 Å². The van der Waals surface area contributed by atoms with Crippen LogP contribution >= 0.6 is 0 Å². The molecule has 0 fully saturated rings. The van der Waals surface area contributed by atoms with Crippen molar-refractivity contribution in [2.45, 2.75) is 25.0 Å². The maximum Gasteiger partial charge on any atom is 0.326 e. The van der Waals surface area contributed by atoms with Gasteiger partial charge in [0, 0.05) is 47.4 Å². The highest BCUT2D eigenvalue weighted by Gasteiger charge is 2.48. The van der Waals surface area contributed by atoms with E-state index >= 15 is 0 Å². The van der Waals surface area contributed by atoms with Gasteiger partial charge in [-0.05, 0) is 30.2 Å². The number of para-hydroxylation sites is 2. The van der Waals surface area contributed by atoms with Gasteiger partial charge in [0.05, 0.1) is 4.92 Å². The van der Waals surface area contributed by atoms with Gasteiger partial charge < -0.3 is 15.2 Å². The van der Waals surface area contributed by atoms with Crippen molar-refractivity contribution in [1.29, 1.82) is 0 Å². The minimum absolute atomic E-state index is 0.0390. The topological polar surface area (TPSA) is 156 Å². The Morgan fingerprint density at radius 2 is 1.95 bits per heavy atom. The number of carbonyl (C=O) groups is 1. The number of hydrazone groups is 1. The second-order valence-electron chi connectivity index (χ2n) is 9.01. The number of aromatic nitrogens is 1. The summed E-state index contributed by atoms with van der Waals surface area (Å²) in [7, 11) is 0. The molecule has 0 amide bonds. The van der Waals surface area contributed by atoms with E-state index in [0.29, 0.717) is 11.1 Å². The van der Waals surface area contributed by atoms with Crippen LogP contribution in [-0.4, -0.2) is 49.2 Å². The SMILES string of the molecule is CC1(c2ccccc2O)NN=C(/N=C/c2cccc([N+](=O)[O-])c2)N1C(Cc1c[nH]c2ccccc12)C(=O)O. The van der Waals surface area contributed by atoms with Crippen molar-refractivity contribution in [1.82, 2.24) is 15.3 Å². The van der Waals surface area contributed by atoms with Gasteiger partial charge in [-0.2, -0.15) is 0 Å². The maximum absolute atomic E-state index is 12.8. The molecule has 0 spiro atoms. The largest absolute Gasteiger partial charge is 0.508 e. The fourth-order valence-corrected chi connectivity index (χ4v) is 4.73. The Morgan fingerprint density at radius 3 is 2.71 bits per heavy atom. The van der Waals surface area contributed by atoms with E-state index in [1.54, 1.807) is 37.4 Å². The third-order valence-corrected chi connectivity index (χ3v) is 6.59. The van der Waals surface area contributed by atoms with E-state index in [0.717, 1.165) is 16.5 Å². The molecule has 0 saturated heterocycles. The predicted molar refractivity (Wildman–Crippen MR) is 142 cm³/mol. The average molecular weight is 513 g/mol. The molecule has 1 aliphatic rings. The van der Waals surface area contributed by atoms with Crippen LogP contribution in [0, 0.1) is 10.1 Å². The quantitative estimate of drug-likeness (QED) is 0.166. The number of phenols is 1. The number of fused-ring (bicyclic) bond motifs is 1. The minimum atomic E-state index is -1.27. The monoisotopic (exact) mass is 512 g/mol. The summed E-state index contributed by atoms with van der Waals surface area (Å²) in [6.45, 7) is 1.71. The van der Waals surface area contributed by atoms with Crippen LogP contribution in [0.4, 0.5) is 5.69 Å². The molecule has 192 valence electrons. The van der Waals surface area contributed by atoms with Gasteiger partial charge >= 0.3 is 5.97 Å². The number of nitro benzene ring substituents is 1. The number of rotatable bonds is 7. The Bertz CT molecular complexity index is 1600. The number of nitrogens with zero attached hydrogens (tertiary/aromatic N) is 4. The standard InChI is InChI=1S/C27H24N6O5/c1-27(21-10-3-5-12-24(21)34)31-30-26(29-15-17-7-6-8-19(13-17)33(37)38)32(27)23(25(35)36)14-18-16-28-22-11-4-2-9-20(18)22/h2-13,15-16,23,28,31,34H,14H2,1H3,(H,35,36)/b29-15+. The van der Waals surface area contributed by atoms with Crippen molar-refractivity contribution in [3.63, 3.8) is 0 Å². The van der Waals surface area contributed by atoms with Crippen LogP contribution in [0.2, 0.25) is 0 Å². The number of aliphatic imine (C=N–C) groups is 1. The van der Waals surface area contributed by atoms with Gasteiger partial charge in [0.1, 0.15) is 11.8 Å². The summed E-state index contributed by atoms with van der Waals surface area (Å²) < 4.78 is 0. The molecule has 2 atom stereocenters. The normalized spacial score (nSPS) is 17.9. The summed E-state index contributed by atoms with van der Waals surface area (Å²) in [5.41, 5.74) is 4.14. The first kappa shape index (κ1) is 24.5. The molecule has 2 unspecified atom stereocenters. The van der Waals surface area contributed by atoms with Crippen molar-refractivity contribution in [3.8, 4) is 5.75 Å². The molecule has 2 heterocycles. The minimum Gasteiger partial charge on any atom is -0.508 e. The molecule has 0 saturated carbocycles. The maximum atomic E-state index is 12.8. The van der Waals surface area contributed by atoms with Gasteiger partial charge in [0.15, 0.2) is 5.66 Å². The number of H-pyrrole nitrogens is 1. The number of nitro groups is 1. The number of non-ortho nitro benzene ring substituents is 1. The molecular weight excluding hydrogens is 488 g/mol. The fourth-order valence-electron chi connectivity index (χ4n) is 4.73. The summed E-state index contributed by atoms with van der Waals surface area (Å²) in [5.74, 6) is -1.10. The Kier molecular flexibility index (Phi) is 6.25. The van der Waals surface area contributed by atoms with Crippen molar-refractivity contribution < 1.29 is 19.9 Å². The van der Waals surface area contributed by atoms with Crippen LogP contribution < -0.4 is 5.43 Å². The van der Waals surface area contributed by atoms with E-state index < -0.39 is 22.6 Å². The summed E-state index contributed by atoms with van der Waals surface area (Å²) >= 11 is 0. The highest BCUT2D eigenvalue weighted by molar-refractivity contribution is 5.97. The van der Waals surface area contributed by atoms with E-state index in [9.17, 15) is 25.1 Å². The first-order valence-electron chi connectivity index (χ1n) is 11.8. The third kappa shape index (κ3) is 4.41. The average Bonchev–Trinajstić information content (AvgIpc) is 3.47. The number of phenolic OH excluding ortho intramolecular Hbond substituents is 1. The molecule has 11 nitrogen and oxygen atoms in total. The lowest BCUT2D eigenvalue weighted by Gasteiger charge is -2.39. The summed E-state index contributed by atoms with van der Waals surface area (Å²) in [4.78, 5) is 32.6. The lowest BCUT2D eigenvalue weighted by atomic mass is 9.95. The molecule has 1 aliphatic heterocycles. The summed E-state index contributed by atoms with van der Waals surface area (Å²) in [6.07, 6.45) is 3.28. The van der Waals surface area contributed by atoms with Gasteiger partial charge in [-0.15, -0.1) is 5.10 Å². The second kappa shape index (κ2) is 9.69. The number of hydrogen-bond donors (Lipinski definition) is 4. The molecule has 11 heteroatoms. The number of benzene rings is 3. The zero-order valence-corrected chi connectivity index (χ0v) is 20.3. The van der Waals surface area contributed by atoms with Gasteiger partial charge in [0.25, 0.3) is 5.69 Å². The summed E-state index contributed by atoms with van der Waals surface area (Å²) in [5, 5.41) is 37.5. The second-order valence-corrected chi connectivity index (χ2v) is 9.01. The molecule has 4 aromatic rings. The van der Waals surface area contributed by atoms with Crippen molar-refractivity contribution in [2.24, 2.45) is 10.1 Å². The Morgan fingerprint density at radius 1 is 1.18 bits per heavy atom. The van der Waals surface area contributed by atoms with Crippen LogP contribution in [0.1, 0.15) is 23.6 Å². The smallest absolute Gasteiger partial charge is 0.326 e. The predicted octanol–water partition coefficient (Wildman–Crippen LogP) is 3.95. The summed E-state index contributed by atoms with van der Waals surface area (Å²) in [6, 6.07) is 19.0. The fraction of sp³-hybridized carbons (Fsp3) is 0.148. The van der Waals surface area contributed by atoms with E-state index in [4.69, 9.17) is 0 Å². The molecule has 0 aliphatic carbocycles. The van der Waals surface area contributed by atoms with Crippen LogP contribution in [0.25, 0.3) is 10.9 Å². The van der Waals surface area contributed by atoms with Gasteiger partial charge in [-0.1, -0.05) is 48.5 Å². The number of aliphatic carboxylic acids is 1. The zero-order chi connectivity index (χ0) is 26.9. The van der Waals surface area contributed by atoms with Gasteiger partial charge in [-0.25, -0.2) is 9.79 Å². The van der Waals surface area contributed by atoms with Crippen LogP contribution in [0.5, 0.6) is 5.75 Å². The van der Waals surface area contributed by atoms with Crippen LogP contribution in [0.15, 0.2) is 89.1 Å². The third-order valence-electron chi connectivity index (χ3n) is 6.59. The lowest BCUT2D eigenvalue weighted by molar-refractivity contribution is -0.384.